The third-order valence-electron chi connectivity index (χ3n) is 5.33. The maximum absolute atomic E-state index is 14.1. The molecular weight excluding hydrogens is 411 g/mol. The SMILES string of the molecule is O=C(CN1c2cccc3cccc(c23)S1(=O)=O)N[C@H]1CCSc2c(F)cccc21. The number of carbonyl (C=O) groups is 1. The second-order valence-electron chi connectivity index (χ2n) is 7.06. The van der Waals surface area contributed by atoms with Crippen LogP contribution >= 0.6 is 11.8 Å². The van der Waals surface area contributed by atoms with Crippen LogP contribution in [0.2, 0.25) is 0 Å². The van der Waals surface area contributed by atoms with E-state index in [0.29, 0.717) is 28.1 Å². The van der Waals surface area contributed by atoms with Crippen LogP contribution < -0.4 is 9.62 Å². The molecule has 2 heterocycles. The Hall–Kier alpha value is -2.58. The Kier molecular flexibility index (Phi) is 4.29. The lowest BCUT2D eigenvalue weighted by Gasteiger charge is -2.27. The molecule has 1 N–H and O–H groups in total. The van der Waals surface area contributed by atoms with Gasteiger partial charge in [0.25, 0.3) is 10.0 Å². The summed E-state index contributed by atoms with van der Waals surface area (Å²) in [6.07, 6.45) is 0.662. The molecule has 5 rings (SSSR count). The summed E-state index contributed by atoms with van der Waals surface area (Å²) in [6.45, 7) is -0.315. The molecule has 1 atom stereocenters. The van der Waals surface area contributed by atoms with Gasteiger partial charge >= 0.3 is 0 Å². The Morgan fingerprint density at radius 3 is 2.72 bits per heavy atom. The van der Waals surface area contributed by atoms with Gasteiger partial charge in [0.05, 0.1) is 16.6 Å². The Labute approximate surface area is 172 Å². The number of hydrogen-bond acceptors (Lipinski definition) is 4. The molecule has 8 heteroatoms. The van der Waals surface area contributed by atoms with E-state index in [1.54, 1.807) is 36.4 Å². The second-order valence-corrected chi connectivity index (χ2v) is 9.99. The standard InChI is InChI=1S/C21H17FN2O3S2/c22-15-7-3-6-14-16(10-11-28-21(14)15)23-19(25)12-24-17-8-1-4-13-5-2-9-18(20(13)17)29(24,26)27/h1-9,16H,10-12H2,(H,23,25)/t16-/m0/s1. The molecule has 2 aliphatic rings. The smallest absolute Gasteiger partial charge is 0.265 e. The summed E-state index contributed by atoms with van der Waals surface area (Å²) < 4.78 is 41.3. The molecule has 0 saturated carbocycles. The van der Waals surface area contributed by atoms with E-state index in [9.17, 15) is 17.6 Å². The molecule has 0 fully saturated rings. The van der Waals surface area contributed by atoms with Gasteiger partial charge in [0.1, 0.15) is 12.4 Å². The zero-order valence-corrected chi connectivity index (χ0v) is 16.9. The molecule has 29 heavy (non-hydrogen) atoms. The minimum Gasteiger partial charge on any atom is -0.348 e. The van der Waals surface area contributed by atoms with Crippen LogP contribution in [0, 0.1) is 5.82 Å². The highest BCUT2D eigenvalue weighted by molar-refractivity contribution is 7.99. The molecule has 148 valence electrons. The summed E-state index contributed by atoms with van der Waals surface area (Å²) in [5, 5.41) is 4.36. The lowest BCUT2D eigenvalue weighted by molar-refractivity contribution is -0.120. The molecule has 0 unspecified atom stereocenters. The summed E-state index contributed by atoms with van der Waals surface area (Å²) in [7, 11) is -3.79. The van der Waals surface area contributed by atoms with Crippen molar-refractivity contribution in [2.24, 2.45) is 0 Å². The number of amides is 1. The van der Waals surface area contributed by atoms with Crippen LogP contribution in [-0.2, 0) is 14.8 Å². The van der Waals surface area contributed by atoms with Crippen molar-refractivity contribution in [3.63, 3.8) is 0 Å². The maximum atomic E-state index is 14.1. The molecule has 0 aromatic heterocycles. The number of carbonyl (C=O) groups excluding carboxylic acids is 1. The van der Waals surface area contributed by atoms with E-state index in [4.69, 9.17) is 0 Å². The lowest BCUT2D eigenvalue weighted by Crippen LogP contribution is -2.41. The topological polar surface area (TPSA) is 66.5 Å². The van der Waals surface area contributed by atoms with Crippen LogP contribution in [0.4, 0.5) is 10.1 Å². The average Bonchev–Trinajstić information content (AvgIpc) is 2.92. The van der Waals surface area contributed by atoms with Gasteiger partial charge in [0.2, 0.25) is 5.91 Å². The summed E-state index contributed by atoms with van der Waals surface area (Å²) >= 11 is 1.43. The van der Waals surface area contributed by atoms with Gasteiger partial charge < -0.3 is 5.32 Å². The molecule has 3 aromatic carbocycles. The first kappa shape index (κ1) is 18.4. The van der Waals surface area contributed by atoms with E-state index < -0.39 is 15.9 Å². The molecule has 3 aromatic rings. The highest BCUT2D eigenvalue weighted by Gasteiger charge is 2.37. The Bertz CT molecular complexity index is 1250. The quantitative estimate of drug-likeness (QED) is 0.688. The minimum atomic E-state index is -3.79. The fourth-order valence-electron chi connectivity index (χ4n) is 4.04. The van der Waals surface area contributed by atoms with Crippen LogP contribution in [-0.4, -0.2) is 26.6 Å². The van der Waals surface area contributed by atoms with Crippen LogP contribution in [0.25, 0.3) is 10.8 Å². The Morgan fingerprint density at radius 1 is 1.14 bits per heavy atom. The Morgan fingerprint density at radius 2 is 1.90 bits per heavy atom. The number of rotatable bonds is 3. The van der Waals surface area contributed by atoms with E-state index in [1.165, 1.54) is 17.8 Å². The minimum absolute atomic E-state index is 0.222. The zero-order chi connectivity index (χ0) is 20.2. The Balaban J connectivity index is 1.43. The first-order chi connectivity index (χ1) is 14.0. The first-order valence-electron chi connectivity index (χ1n) is 9.22. The molecule has 5 nitrogen and oxygen atoms in total. The van der Waals surface area contributed by atoms with Crippen molar-refractivity contribution >= 4 is 44.2 Å². The van der Waals surface area contributed by atoms with Crippen LogP contribution in [0.5, 0.6) is 0 Å². The number of anilines is 1. The predicted molar refractivity (Wildman–Crippen MR) is 111 cm³/mol. The first-order valence-corrected chi connectivity index (χ1v) is 11.6. The van der Waals surface area contributed by atoms with Gasteiger partial charge in [-0.1, -0.05) is 36.4 Å². The number of thioether (sulfide) groups is 1. The second kappa shape index (κ2) is 6.74. The summed E-state index contributed by atoms with van der Waals surface area (Å²) in [6, 6.07) is 15.0. The van der Waals surface area contributed by atoms with Crippen LogP contribution in [0.3, 0.4) is 0 Å². The molecule has 0 spiro atoms. The maximum Gasteiger partial charge on any atom is 0.265 e. The van der Waals surface area contributed by atoms with Gasteiger partial charge in [-0.3, -0.25) is 9.10 Å². The van der Waals surface area contributed by atoms with E-state index in [2.05, 4.69) is 5.32 Å². The molecular formula is C21H17FN2O3S2. The largest absolute Gasteiger partial charge is 0.348 e. The fourth-order valence-corrected chi connectivity index (χ4v) is 6.84. The monoisotopic (exact) mass is 428 g/mol. The van der Waals surface area contributed by atoms with Gasteiger partial charge in [0.15, 0.2) is 0 Å². The number of nitrogens with zero attached hydrogens (tertiary/aromatic N) is 1. The number of sulfonamides is 1. The van der Waals surface area contributed by atoms with Crippen molar-refractivity contribution in [3.8, 4) is 0 Å². The average molecular weight is 429 g/mol. The summed E-state index contributed by atoms with van der Waals surface area (Å²) in [5.74, 6) is -0.0211. The van der Waals surface area contributed by atoms with Crippen molar-refractivity contribution < 1.29 is 17.6 Å². The molecule has 0 aliphatic carbocycles. The highest BCUT2D eigenvalue weighted by Crippen LogP contribution is 2.42. The molecule has 2 aliphatic heterocycles. The van der Waals surface area contributed by atoms with E-state index in [1.807, 2.05) is 12.1 Å². The van der Waals surface area contributed by atoms with E-state index >= 15 is 0 Å². The van der Waals surface area contributed by atoms with Gasteiger partial charge in [0, 0.05) is 16.0 Å². The zero-order valence-electron chi connectivity index (χ0n) is 15.3. The number of halogens is 1. The fraction of sp³-hybridized carbons (Fsp3) is 0.190. The number of nitrogens with one attached hydrogen (secondary N) is 1. The van der Waals surface area contributed by atoms with E-state index in [-0.39, 0.29) is 23.3 Å². The molecule has 0 radical (unpaired) electrons. The third kappa shape index (κ3) is 2.89. The normalized spacial score (nSPS) is 19.2. The molecule has 0 bridgehead atoms. The van der Waals surface area contributed by atoms with Crippen molar-refractivity contribution in [1.82, 2.24) is 5.32 Å². The van der Waals surface area contributed by atoms with E-state index in [0.717, 1.165) is 15.3 Å². The van der Waals surface area contributed by atoms with Crippen molar-refractivity contribution in [2.45, 2.75) is 22.3 Å². The van der Waals surface area contributed by atoms with Gasteiger partial charge in [-0.2, -0.15) is 0 Å². The lowest BCUT2D eigenvalue weighted by atomic mass is 10.0. The van der Waals surface area contributed by atoms with Crippen molar-refractivity contribution in [3.05, 3.63) is 66.0 Å². The number of hydrogen-bond donors (Lipinski definition) is 1. The summed E-state index contributed by atoms with van der Waals surface area (Å²) in [4.78, 5) is 13.6. The number of benzene rings is 3. The van der Waals surface area contributed by atoms with Crippen LogP contribution in [0.1, 0.15) is 18.0 Å². The highest BCUT2D eigenvalue weighted by atomic mass is 32.2. The van der Waals surface area contributed by atoms with Crippen molar-refractivity contribution in [2.75, 3.05) is 16.6 Å². The predicted octanol–water partition coefficient (Wildman–Crippen LogP) is 3.84. The molecule has 1 amide bonds. The van der Waals surface area contributed by atoms with Gasteiger partial charge in [-0.15, -0.1) is 11.8 Å². The van der Waals surface area contributed by atoms with Gasteiger partial charge in [-0.05, 0) is 35.6 Å². The van der Waals surface area contributed by atoms with Crippen molar-refractivity contribution in [1.29, 1.82) is 0 Å². The van der Waals surface area contributed by atoms with Crippen LogP contribution in [0.15, 0.2) is 64.4 Å². The summed E-state index contributed by atoms with van der Waals surface area (Å²) in [5.41, 5.74) is 1.25. The number of fused-ring (bicyclic) bond motifs is 1. The molecule has 0 saturated heterocycles. The van der Waals surface area contributed by atoms with Gasteiger partial charge in [-0.25, -0.2) is 12.8 Å². The third-order valence-corrected chi connectivity index (χ3v) is 8.29.